The molecular formula is C12H17F2N3O3S. The number of carbonyl (C=O) groups excluding carboxylic acids is 1. The summed E-state index contributed by atoms with van der Waals surface area (Å²) < 4.78 is 35.7. The van der Waals surface area contributed by atoms with Crippen LogP contribution >= 0.6 is 11.5 Å². The lowest BCUT2D eigenvalue weighted by Crippen LogP contribution is -2.49. The quantitative estimate of drug-likeness (QED) is 0.823. The van der Waals surface area contributed by atoms with Gasteiger partial charge in [0, 0.05) is 19.4 Å². The van der Waals surface area contributed by atoms with Crippen molar-refractivity contribution in [1.82, 2.24) is 14.9 Å². The molecule has 0 unspecified atom stereocenters. The number of hydrogen-bond acceptors (Lipinski definition) is 6. The number of aliphatic hydroxyl groups excluding tert-OH is 1. The lowest BCUT2D eigenvalue weighted by molar-refractivity contribution is -0.134. The van der Waals surface area contributed by atoms with Crippen molar-refractivity contribution < 1.29 is 23.4 Å². The zero-order valence-corrected chi connectivity index (χ0v) is 12.2. The van der Waals surface area contributed by atoms with Crippen molar-refractivity contribution >= 4 is 17.4 Å². The summed E-state index contributed by atoms with van der Waals surface area (Å²) in [6, 6.07) is 0. The molecule has 1 heterocycles. The molecule has 1 fully saturated rings. The fourth-order valence-corrected chi connectivity index (χ4v) is 2.73. The Morgan fingerprint density at radius 1 is 1.43 bits per heavy atom. The third-order valence-electron chi connectivity index (χ3n) is 3.55. The number of carbonyl (C=O) groups is 1. The highest BCUT2D eigenvalue weighted by Crippen LogP contribution is 2.40. The minimum Gasteiger partial charge on any atom is -0.394 e. The number of hydrogen-bond donors (Lipinski definition) is 2. The van der Waals surface area contributed by atoms with Crippen LogP contribution in [-0.2, 0) is 4.74 Å². The van der Waals surface area contributed by atoms with Gasteiger partial charge in [0.2, 0.25) is 5.92 Å². The molecule has 1 aliphatic carbocycles. The zero-order valence-electron chi connectivity index (χ0n) is 11.3. The van der Waals surface area contributed by atoms with Gasteiger partial charge in [-0.1, -0.05) is 4.49 Å². The van der Waals surface area contributed by atoms with E-state index in [1.807, 2.05) is 0 Å². The summed E-state index contributed by atoms with van der Waals surface area (Å²) in [5, 5.41) is 15.1. The Hall–Kier alpha value is -1.19. The van der Waals surface area contributed by atoms with E-state index in [9.17, 15) is 13.6 Å². The smallest absolute Gasteiger partial charge is 0.264 e. The molecule has 0 saturated heterocycles. The summed E-state index contributed by atoms with van der Waals surface area (Å²) in [4.78, 5) is 12.2. The molecule has 2 rings (SSSR count). The van der Waals surface area contributed by atoms with Crippen molar-refractivity contribution in [2.24, 2.45) is 0 Å². The van der Waals surface area contributed by atoms with Gasteiger partial charge in [0.25, 0.3) is 5.91 Å². The maximum atomic E-state index is 13.3. The maximum absolute atomic E-state index is 13.3. The number of rotatable bonds is 6. The first-order valence-corrected chi connectivity index (χ1v) is 7.42. The normalized spacial score (nSPS) is 20.1. The van der Waals surface area contributed by atoms with Crippen LogP contribution in [0.2, 0.25) is 0 Å². The van der Waals surface area contributed by atoms with Crippen molar-refractivity contribution in [3.05, 3.63) is 11.1 Å². The molecule has 6 nitrogen and oxygen atoms in total. The highest BCUT2D eigenvalue weighted by Gasteiger charge is 2.44. The van der Waals surface area contributed by atoms with E-state index >= 15 is 0 Å². The zero-order chi connectivity index (χ0) is 15.3. The van der Waals surface area contributed by atoms with Gasteiger partial charge in [0.1, 0.15) is 4.88 Å². The minimum absolute atomic E-state index is 0.0591. The van der Waals surface area contributed by atoms with Gasteiger partial charge in [0.15, 0.2) is 0 Å². The van der Waals surface area contributed by atoms with Crippen molar-refractivity contribution in [2.45, 2.75) is 37.2 Å². The molecule has 1 aromatic heterocycles. The number of nitrogens with zero attached hydrogens (tertiary/aromatic N) is 2. The van der Waals surface area contributed by atoms with Crippen LogP contribution in [0.25, 0.3) is 0 Å². The van der Waals surface area contributed by atoms with Gasteiger partial charge < -0.3 is 15.2 Å². The number of halogens is 2. The third-order valence-corrected chi connectivity index (χ3v) is 4.21. The van der Waals surface area contributed by atoms with Crippen LogP contribution in [0, 0.1) is 0 Å². The molecule has 1 aromatic rings. The van der Waals surface area contributed by atoms with Gasteiger partial charge in [-0.15, -0.1) is 5.10 Å². The summed E-state index contributed by atoms with van der Waals surface area (Å²) in [7, 11) is 0. The number of alkyl halides is 2. The maximum Gasteiger partial charge on any atom is 0.264 e. The summed E-state index contributed by atoms with van der Waals surface area (Å²) in [5.74, 6) is -3.04. The highest BCUT2D eigenvalue weighted by molar-refractivity contribution is 7.07. The summed E-state index contributed by atoms with van der Waals surface area (Å²) in [6.45, 7) is -0.00573. The van der Waals surface area contributed by atoms with Gasteiger partial charge in [-0.3, -0.25) is 4.79 Å². The van der Waals surface area contributed by atoms with Crippen LogP contribution in [0.15, 0.2) is 6.20 Å². The van der Waals surface area contributed by atoms with E-state index in [1.54, 1.807) is 0 Å². The van der Waals surface area contributed by atoms with Crippen LogP contribution in [0.1, 0.15) is 35.4 Å². The standard InChI is InChI=1S/C12H17F2N3O3S/c13-12(14)3-1-11(2-4-12,20-6-5-18)8-15-10(19)9-7-16-17-21-9/h7,18H,1-6,8H2,(H,15,19). The Morgan fingerprint density at radius 3 is 2.71 bits per heavy atom. The molecule has 21 heavy (non-hydrogen) atoms. The highest BCUT2D eigenvalue weighted by atomic mass is 32.1. The van der Waals surface area contributed by atoms with Crippen LogP contribution in [0.5, 0.6) is 0 Å². The molecule has 1 saturated carbocycles. The Kier molecular flexibility index (Phi) is 5.17. The number of ether oxygens (including phenoxy) is 1. The van der Waals surface area contributed by atoms with E-state index < -0.39 is 11.5 Å². The lowest BCUT2D eigenvalue weighted by atomic mass is 9.82. The predicted molar refractivity (Wildman–Crippen MR) is 71.4 cm³/mol. The van der Waals surface area contributed by atoms with Gasteiger partial charge in [-0.25, -0.2) is 8.78 Å². The van der Waals surface area contributed by atoms with Gasteiger partial charge in [-0.2, -0.15) is 0 Å². The number of aromatic nitrogens is 2. The molecular weight excluding hydrogens is 304 g/mol. The van der Waals surface area contributed by atoms with Gasteiger partial charge in [0.05, 0.1) is 25.0 Å². The average molecular weight is 321 g/mol. The molecule has 0 bridgehead atoms. The van der Waals surface area contributed by atoms with Gasteiger partial charge in [-0.05, 0) is 24.4 Å². The Labute approximate surface area is 124 Å². The van der Waals surface area contributed by atoms with E-state index in [-0.39, 0.29) is 51.3 Å². The van der Waals surface area contributed by atoms with E-state index in [4.69, 9.17) is 9.84 Å². The SMILES string of the molecule is O=C(NCC1(OCCO)CCC(F)(F)CC1)c1cnns1. The second-order valence-corrected chi connectivity index (χ2v) is 5.86. The van der Waals surface area contributed by atoms with E-state index in [2.05, 4.69) is 14.9 Å². The molecule has 0 atom stereocenters. The Morgan fingerprint density at radius 2 is 2.14 bits per heavy atom. The molecule has 118 valence electrons. The third kappa shape index (κ3) is 4.39. The summed E-state index contributed by atoms with van der Waals surface area (Å²) in [6.07, 6.45) is 1.06. The average Bonchev–Trinajstić information content (AvgIpc) is 2.99. The van der Waals surface area contributed by atoms with Crippen molar-refractivity contribution in [3.63, 3.8) is 0 Å². The first-order valence-electron chi connectivity index (χ1n) is 6.65. The fourth-order valence-electron chi connectivity index (χ4n) is 2.30. The largest absolute Gasteiger partial charge is 0.394 e. The molecule has 0 spiro atoms. The molecule has 0 aromatic carbocycles. The summed E-state index contributed by atoms with van der Waals surface area (Å²) in [5.41, 5.74) is -0.849. The lowest BCUT2D eigenvalue weighted by Gasteiger charge is -2.40. The van der Waals surface area contributed by atoms with Crippen molar-refractivity contribution in [1.29, 1.82) is 0 Å². The molecule has 2 N–H and O–H groups in total. The van der Waals surface area contributed by atoms with Crippen LogP contribution in [0.3, 0.4) is 0 Å². The molecule has 1 aliphatic rings. The second kappa shape index (κ2) is 6.71. The van der Waals surface area contributed by atoms with Crippen LogP contribution < -0.4 is 5.32 Å². The number of aliphatic hydroxyl groups is 1. The second-order valence-electron chi connectivity index (χ2n) is 5.08. The topological polar surface area (TPSA) is 84.3 Å². The fraction of sp³-hybridized carbons (Fsp3) is 0.750. The van der Waals surface area contributed by atoms with E-state index in [0.717, 1.165) is 11.5 Å². The van der Waals surface area contributed by atoms with Crippen molar-refractivity contribution in [2.75, 3.05) is 19.8 Å². The first-order chi connectivity index (χ1) is 9.96. The number of amides is 1. The predicted octanol–water partition coefficient (Wildman–Crippen LogP) is 1.22. The van der Waals surface area contributed by atoms with Crippen LogP contribution in [0.4, 0.5) is 8.78 Å². The van der Waals surface area contributed by atoms with Gasteiger partial charge >= 0.3 is 0 Å². The molecule has 9 heteroatoms. The first kappa shape index (κ1) is 16.2. The number of nitrogens with one attached hydrogen (secondary N) is 1. The molecule has 0 radical (unpaired) electrons. The van der Waals surface area contributed by atoms with E-state index in [1.165, 1.54) is 6.20 Å². The Balaban J connectivity index is 1.95. The minimum atomic E-state index is -2.68. The summed E-state index contributed by atoms with van der Waals surface area (Å²) >= 11 is 0.960. The monoisotopic (exact) mass is 321 g/mol. The molecule has 1 amide bonds. The van der Waals surface area contributed by atoms with E-state index in [0.29, 0.717) is 4.88 Å². The Bertz CT molecular complexity index is 460. The van der Waals surface area contributed by atoms with Crippen molar-refractivity contribution in [3.8, 4) is 0 Å². The molecule has 0 aliphatic heterocycles. The van der Waals surface area contributed by atoms with Crippen LogP contribution in [-0.4, -0.2) is 51.9 Å².